The molecule has 94 valence electrons. The minimum absolute atomic E-state index is 0.422. The van der Waals surface area contributed by atoms with Gasteiger partial charge in [0.05, 0.1) is 5.60 Å². The lowest BCUT2D eigenvalue weighted by Crippen LogP contribution is -2.33. The van der Waals surface area contributed by atoms with E-state index in [1.807, 2.05) is 6.26 Å². The van der Waals surface area contributed by atoms with Gasteiger partial charge in [-0.15, -0.1) is 0 Å². The van der Waals surface area contributed by atoms with Crippen molar-refractivity contribution in [1.29, 1.82) is 0 Å². The molecule has 1 fully saturated rings. The van der Waals surface area contributed by atoms with Gasteiger partial charge in [-0.2, -0.15) is 0 Å². The van der Waals surface area contributed by atoms with Crippen LogP contribution in [0.15, 0.2) is 11.2 Å². The highest BCUT2D eigenvalue weighted by atomic mass is 35.5. The van der Waals surface area contributed by atoms with E-state index >= 15 is 0 Å². The van der Waals surface area contributed by atoms with Crippen LogP contribution in [0.4, 0.5) is 5.82 Å². The Kier molecular flexibility index (Phi) is 4.12. The zero-order chi connectivity index (χ0) is 12.3. The molecular weight excluding hydrogens is 258 g/mol. The molecule has 0 unspecified atom stereocenters. The highest BCUT2D eigenvalue weighted by Crippen LogP contribution is 2.29. The first-order valence-corrected chi connectivity index (χ1v) is 7.26. The molecule has 0 spiro atoms. The molecule has 0 amide bonds. The fourth-order valence-electron chi connectivity index (χ4n) is 2.04. The number of hydrogen-bond donors (Lipinski definition) is 2. The normalized spacial score (nSPS) is 18.3. The maximum Gasteiger partial charge on any atom is 0.190 e. The van der Waals surface area contributed by atoms with Gasteiger partial charge >= 0.3 is 0 Å². The zero-order valence-electron chi connectivity index (χ0n) is 9.74. The van der Waals surface area contributed by atoms with E-state index in [-0.39, 0.29) is 0 Å². The van der Waals surface area contributed by atoms with E-state index in [2.05, 4.69) is 15.3 Å². The van der Waals surface area contributed by atoms with Crippen molar-refractivity contribution in [2.24, 2.45) is 0 Å². The van der Waals surface area contributed by atoms with Crippen molar-refractivity contribution >= 4 is 29.2 Å². The Balaban J connectivity index is 2.00. The van der Waals surface area contributed by atoms with Crippen LogP contribution in [-0.4, -0.2) is 33.5 Å². The highest BCUT2D eigenvalue weighted by molar-refractivity contribution is 7.98. The number of aliphatic hydroxyl groups is 1. The summed E-state index contributed by atoms with van der Waals surface area (Å²) < 4.78 is 0. The highest BCUT2D eigenvalue weighted by Gasteiger charge is 2.30. The second kappa shape index (κ2) is 5.42. The number of nitrogens with zero attached hydrogens (tertiary/aromatic N) is 2. The molecule has 1 aromatic heterocycles. The van der Waals surface area contributed by atoms with Gasteiger partial charge in [-0.25, -0.2) is 9.97 Å². The summed E-state index contributed by atoms with van der Waals surface area (Å²) in [5.74, 6) is 0.676. The minimum Gasteiger partial charge on any atom is -0.388 e. The Morgan fingerprint density at radius 3 is 2.82 bits per heavy atom. The third-order valence-electron chi connectivity index (χ3n) is 2.99. The number of rotatable bonds is 4. The van der Waals surface area contributed by atoms with Crippen LogP contribution in [0.3, 0.4) is 0 Å². The Bertz CT molecular complexity index is 396. The predicted molar refractivity (Wildman–Crippen MR) is 70.7 cm³/mol. The average molecular weight is 274 g/mol. The molecule has 4 nitrogen and oxygen atoms in total. The van der Waals surface area contributed by atoms with Gasteiger partial charge in [-0.3, -0.25) is 0 Å². The van der Waals surface area contributed by atoms with E-state index in [1.54, 1.807) is 6.07 Å². The first-order valence-electron chi connectivity index (χ1n) is 5.66. The Morgan fingerprint density at radius 1 is 1.47 bits per heavy atom. The van der Waals surface area contributed by atoms with E-state index in [9.17, 15) is 5.11 Å². The molecule has 1 heterocycles. The van der Waals surface area contributed by atoms with E-state index in [1.165, 1.54) is 11.8 Å². The van der Waals surface area contributed by atoms with Gasteiger partial charge in [0.25, 0.3) is 0 Å². The van der Waals surface area contributed by atoms with Gasteiger partial charge in [0.1, 0.15) is 11.0 Å². The lowest BCUT2D eigenvalue weighted by atomic mass is 10.0. The van der Waals surface area contributed by atoms with Crippen LogP contribution in [0.1, 0.15) is 25.7 Å². The molecular formula is C11H16ClN3OS. The van der Waals surface area contributed by atoms with E-state index in [0.717, 1.165) is 25.7 Å². The molecule has 0 saturated heterocycles. The summed E-state index contributed by atoms with van der Waals surface area (Å²) in [5, 5.41) is 14.4. The molecule has 6 heteroatoms. The van der Waals surface area contributed by atoms with Gasteiger partial charge in [0.15, 0.2) is 5.16 Å². The lowest BCUT2D eigenvalue weighted by Gasteiger charge is -2.22. The number of hydrogen-bond acceptors (Lipinski definition) is 5. The van der Waals surface area contributed by atoms with Crippen molar-refractivity contribution in [2.75, 3.05) is 18.1 Å². The summed E-state index contributed by atoms with van der Waals surface area (Å²) in [6.45, 7) is 0.522. The van der Waals surface area contributed by atoms with Crippen LogP contribution in [0.2, 0.25) is 5.15 Å². The van der Waals surface area contributed by atoms with Crippen LogP contribution in [0.25, 0.3) is 0 Å². The minimum atomic E-state index is -0.586. The molecule has 0 bridgehead atoms. The first kappa shape index (κ1) is 12.9. The molecule has 1 saturated carbocycles. The zero-order valence-corrected chi connectivity index (χ0v) is 11.3. The molecule has 2 rings (SSSR count). The van der Waals surface area contributed by atoms with Crippen molar-refractivity contribution in [3.8, 4) is 0 Å². The van der Waals surface area contributed by atoms with Crippen LogP contribution in [0, 0.1) is 0 Å². The first-order chi connectivity index (χ1) is 8.11. The van der Waals surface area contributed by atoms with Gasteiger partial charge in [-0.05, 0) is 19.1 Å². The van der Waals surface area contributed by atoms with Crippen molar-refractivity contribution in [3.05, 3.63) is 11.2 Å². The Labute approximate surface area is 110 Å². The van der Waals surface area contributed by atoms with Crippen LogP contribution >= 0.6 is 23.4 Å². The molecule has 0 aromatic carbocycles. The number of halogens is 1. The van der Waals surface area contributed by atoms with E-state index in [0.29, 0.717) is 22.7 Å². The quantitative estimate of drug-likeness (QED) is 0.502. The maximum atomic E-state index is 10.2. The smallest absolute Gasteiger partial charge is 0.190 e. The number of aromatic nitrogens is 2. The topological polar surface area (TPSA) is 58.0 Å². The number of nitrogens with one attached hydrogen (secondary N) is 1. The third kappa shape index (κ3) is 3.47. The van der Waals surface area contributed by atoms with E-state index < -0.39 is 5.60 Å². The molecule has 1 aliphatic carbocycles. The average Bonchev–Trinajstić information content (AvgIpc) is 2.73. The van der Waals surface area contributed by atoms with Crippen molar-refractivity contribution in [3.63, 3.8) is 0 Å². The molecule has 1 aliphatic rings. The molecule has 0 aliphatic heterocycles. The number of anilines is 1. The van der Waals surface area contributed by atoms with Gasteiger partial charge in [-0.1, -0.05) is 36.2 Å². The summed E-state index contributed by atoms with van der Waals surface area (Å²) in [4.78, 5) is 8.35. The lowest BCUT2D eigenvalue weighted by molar-refractivity contribution is 0.0614. The van der Waals surface area contributed by atoms with Crippen molar-refractivity contribution in [1.82, 2.24) is 9.97 Å². The SMILES string of the molecule is CSc1nc(Cl)cc(NCC2(O)CCCC2)n1. The number of thioether (sulfide) groups is 1. The molecule has 1 aromatic rings. The Morgan fingerprint density at radius 2 is 2.18 bits per heavy atom. The summed E-state index contributed by atoms with van der Waals surface area (Å²) in [6.07, 6.45) is 5.81. The standard InChI is InChI=1S/C11H16ClN3OS/c1-17-10-14-8(12)6-9(15-10)13-7-11(16)4-2-3-5-11/h6,16H,2-5,7H2,1H3,(H,13,14,15). The molecule has 0 radical (unpaired) electrons. The summed E-state index contributed by atoms with van der Waals surface area (Å²) in [5.41, 5.74) is -0.586. The molecule has 17 heavy (non-hydrogen) atoms. The second-order valence-electron chi connectivity index (χ2n) is 4.35. The second-order valence-corrected chi connectivity index (χ2v) is 5.51. The van der Waals surface area contributed by atoms with Gasteiger partial charge in [0.2, 0.25) is 0 Å². The van der Waals surface area contributed by atoms with Crippen LogP contribution in [0.5, 0.6) is 0 Å². The summed E-state index contributed by atoms with van der Waals surface area (Å²) in [6, 6.07) is 1.68. The summed E-state index contributed by atoms with van der Waals surface area (Å²) >= 11 is 7.34. The molecule has 0 atom stereocenters. The van der Waals surface area contributed by atoms with Gasteiger partial charge < -0.3 is 10.4 Å². The van der Waals surface area contributed by atoms with Crippen molar-refractivity contribution in [2.45, 2.75) is 36.4 Å². The van der Waals surface area contributed by atoms with Crippen LogP contribution in [-0.2, 0) is 0 Å². The van der Waals surface area contributed by atoms with Gasteiger partial charge in [0, 0.05) is 12.6 Å². The maximum absolute atomic E-state index is 10.2. The predicted octanol–water partition coefficient (Wildman–Crippen LogP) is 2.57. The van der Waals surface area contributed by atoms with Crippen LogP contribution < -0.4 is 5.32 Å². The van der Waals surface area contributed by atoms with E-state index in [4.69, 9.17) is 11.6 Å². The largest absolute Gasteiger partial charge is 0.388 e. The Hall–Kier alpha value is -0.520. The third-order valence-corrected chi connectivity index (χ3v) is 3.73. The monoisotopic (exact) mass is 273 g/mol. The summed E-state index contributed by atoms with van der Waals surface area (Å²) in [7, 11) is 0. The molecule has 2 N–H and O–H groups in total. The fraction of sp³-hybridized carbons (Fsp3) is 0.636. The van der Waals surface area contributed by atoms with Crippen molar-refractivity contribution < 1.29 is 5.11 Å². The fourth-order valence-corrected chi connectivity index (χ4v) is 2.66.